The lowest BCUT2D eigenvalue weighted by Gasteiger charge is -2.37. The van der Waals surface area contributed by atoms with Crippen LogP contribution in [0.3, 0.4) is 0 Å². The minimum Gasteiger partial charge on any atom is -0.379 e. The molecule has 0 aliphatic carbocycles. The van der Waals surface area contributed by atoms with Crippen molar-refractivity contribution in [2.24, 2.45) is 0 Å². The van der Waals surface area contributed by atoms with Crippen LogP contribution in [-0.4, -0.2) is 65.8 Å². The molecular formula is C28H28N10O. The van der Waals surface area contributed by atoms with Gasteiger partial charge in [0.1, 0.15) is 6.07 Å². The average molecular weight is 521 g/mol. The molecule has 0 radical (unpaired) electrons. The molecule has 39 heavy (non-hydrogen) atoms. The quantitative estimate of drug-likeness (QED) is 0.326. The fourth-order valence-electron chi connectivity index (χ4n) is 4.77. The lowest BCUT2D eigenvalue weighted by Crippen LogP contribution is -2.51. The van der Waals surface area contributed by atoms with E-state index in [2.05, 4.69) is 49.7 Å². The molecule has 5 aromatic rings. The van der Waals surface area contributed by atoms with Crippen molar-refractivity contribution in [1.82, 2.24) is 39.5 Å². The molecule has 1 N–H and O–H groups in total. The summed E-state index contributed by atoms with van der Waals surface area (Å²) in [7, 11) is 1.75. The Morgan fingerprint density at radius 1 is 1.13 bits per heavy atom. The summed E-state index contributed by atoms with van der Waals surface area (Å²) >= 11 is 0. The van der Waals surface area contributed by atoms with Gasteiger partial charge in [0.2, 0.25) is 0 Å². The number of methoxy groups -OCH3 is 1. The number of anilines is 2. The van der Waals surface area contributed by atoms with Crippen LogP contribution in [0.2, 0.25) is 0 Å². The molecule has 6 rings (SSSR count). The summed E-state index contributed by atoms with van der Waals surface area (Å²) in [6.45, 7) is 6.62. The van der Waals surface area contributed by atoms with E-state index in [0.29, 0.717) is 17.6 Å². The third-order valence-electron chi connectivity index (χ3n) is 6.97. The molecule has 0 saturated carbocycles. The number of fused-ring (bicyclic) bond motifs is 1. The van der Waals surface area contributed by atoms with E-state index >= 15 is 0 Å². The Bertz CT molecular complexity index is 1680. The molecule has 1 fully saturated rings. The molecule has 0 spiro atoms. The molecule has 11 heteroatoms. The number of aryl methyl sites for hydroxylation is 2. The van der Waals surface area contributed by atoms with Crippen LogP contribution in [0.5, 0.6) is 0 Å². The zero-order valence-corrected chi connectivity index (χ0v) is 22.0. The fraction of sp³-hybridized carbons (Fsp3) is 0.286. The first-order valence-electron chi connectivity index (χ1n) is 12.8. The van der Waals surface area contributed by atoms with Gasteiger partial charge in [0.25, 0.3) is 0 Å². The van der Waals surface area contributed by atoms with Crippen molar-refractivity contribution < 1.29 is 4.74 Å². The maximum atomic E-state index is 9.28. The first-order chi connectivity index (χ1) is 19.0. The van der Waals surface area contributed by atoms with Crippen LogP contribution in [-0.2, 0) is 17.7 Å². The highest BCUT2D eigenvalue weighted by atomic mass is 16.5. The molecule has 0 bridgehead atoms. The number of nitrogens with zero attached hydrogens (tertiary/aromatic N) is 9. The van der Waals surface area contributed by atoms with Gasteiger partial charge in [0.15, 0.2) is 17.3 Å². The minimum atomic E-state index is 0.323. The molecule has 196 valence electrons. The highest BCUT2D eigenvalue weighted by Crippen LogP contribution is 2.27. The summed E-state index contributed by atoms with van der Waals surface area (Å²) in [6, 6.07) is 15.8. The number of rotatable bonds is 8. The Morgan fingerprint density at radius 2 is 2.00 bits per heavy atom. The SMILES string of the molecule is CCc1ccc(-c2cnn3cc(Nc4ccc(CN5CC(OC)C5)nn4)ccc23)nc1-n1nc(C#N)cc1C. The van der Waals surface area contributed by atoms with E-state index in [-0.39, 0.29) is 0 Å². The Labute approximate surface area is 225 Å². The van der Waals surface area contributed by atoms with Crippen molar-refractivity contribution in [2.45, 2.75) is 32.9 Å². The van der Waals surface area contributed by atoms with Gasteiger partial charge < -0.3 is 10.1 Å². The van der Waals surface area contributed by atoms with Crippen LogP contribution >= 0.6 is 0 Å². The summed E-state index contributed by atoms with van der Waals surface area (Å²) in [5.41, 5.74) is 6.66. The predicted molar refractivity (Wildman–Crippen MR) is 146 cm³/mol. The molecule has 0 amide bonds. The van der Waals surface area contributed by atoms with Crippen molar-refractivity contribution in [3.05, 3.63) is 77.5 Å². The van der Waals surface area contributed by atoms with Crippen molar-refractivity contribution >= 4 is 17.0 Å². The molecule has 1 aliphatic rings. The van der Waals surface area contributed by atoms with Crippen molar-refractivity contribution in [3.63, 3.8) is 0 Å². The van der Waals surface area contributed by atoms with Crippen LogP contribution in [0.15, 0.2) is 54.9 Å². The van der Waals surface area contributed by atoms with Crippen LogP contribution in [0, 0.1) is 18.3 Å². The summed E-state index contributed by atoms with van der Waals surface area (Å²) in [5, 5.41) is 30.3. The van der Waals surface area contributed by atoms with Gasteiger partial charge in [0.05, 0.1) is 41.1 Å². The number of nitriles is 1. The van der Waals surface area contributed by atoms with E-state index < -0.39 is 0 Å². The number of ether oxygens (including phenoxy) is 1. The van der Waals surface area contributed by atoms with Crippen LogP contribution in [0.25, 0.3) is 22.6 Å². The molecule has 1 aliphatic heterocycles. The molecule has 0 atom stereocenters. The van der Waals surface area contributed by atoms with E-state index in [4.69, 9.17) is 9.72 Å². The third-order valence-corrected chi connectivity index (χ3v) is 6.97. The standard InChI is InChI=1S/C28H28N10O/c1-4-19-5-8-25(32-28(19)38-18(2)11-22(12-29)35-38)24-13-30-37-15-20(6-9-26(24)37)31-27-10-7-21(33-34-27)14-36-16-23(17-36)39-3/h5-11,13,15,23H,4,14,16-17H2,1-3H3,(H,31,34). The van der Waals surface area contributed by atoms with E-state index in [1.807, 2.05) is 54.2 Å². The van der Waals surface area contributed by atoms with Gasteiger partial charge >= 0.3 is 0 Å². The summed E-state index contributed by atoms with van der Waals surface area (Å²) < 4.78 is 8.88. The Kier molecular flexibility index (Phi) is 6.48. The number of hydrogen-bond donors (Lipinski definition) is 1. The molecule has 6 heterocycles. The number of pyridine rings is 2. The van der Waals surface area contributed by atoms with Crippen LogP contribution < -0.4 is 5.32 Å². The average Bonchev–Trinajstić information content (AvgIpc) is 3.53. The summed E-state index contributed by atoms with van der Waals surface area (Å²) in [6.07, 6.45) is 4.84. The van der Waals surface area contributed by atoms with Gasteiger partial charge in [-0.3, -0.25) is 4.90 Å². The number of nitrogens with one attached hydrogen (secondary N) is 1. The van der Waals surface area contributed by atoms with E-state index in [0.717, 1.165) is 71.3 Å². The second-order valence-corrected chi connectivity index (χ2v) is 9.62. The fourth-order valence-corrected chi connectivity index (χ4v) is 4.77. The highest BCUT2D eigenvalue weighted by molar-refractivity contribution is 5.79. The molecule has 11 nitrogen and oxygen atoms in total. The number of hydrogen-bond acceptors (Lipinski definition) is 9. The Balaban J connectivity index is 1.22. The van der Waals surface area contributed by atoms with Gasteiger partial charge in [-0.25, -0.2) is 14.2 Å². The first kappa shape index (κ1) is 24.7. The zero-order chi connectivity index (χ0) is 26.9. The van der Waals surface area contributed by atoms with Crippen molar-refractivity contribution in [2.75, 3.05) is 25.5 Å². The van der Waals surface area contributed by atoms with Gasteiger partial charge in [-0.05, 0) is 55.3 Å². The lowest BCUT2D eigenvalue weighted by atomic mass is 10.1. The van der Waals surface area contributed by atoms with Gasteiger partial charge in [-0.2, -0.15) is 20.6 Å². The molecule has 0 aromatic carbocycles. The van der Waals surface area contributed by atoms with Gasteiger partial charge in [-0.15, -0.1) is 5.10 Å². The summed E-state index contributed by atoms with van der Waals surface area (Å²) in [5.74, 6) is 1.39. The lowest BCUT2D eigenvalue weighted by molar-refractivity contribution is -0.0340. The van der Waals surface area contributed by atoms with Gasteiger partial charge in [0, 0.05) is 38.0 Å². The van der Waals surface area contributed by atoms with E-state index in [1.165, 1.54) is 0 Å². The Hall–Kier alpha value is -4.66. The predicted octanol–water partition coefficient (Wildman–Crippen LogP) is 3.69. The smallest absolute Gasteiger partial charge is 0.163 e. The summed E-state index contributed by atoms with van der Waals surface area (Å²) in [4.78, 5) is 7.23. The first-order valence-corrected chi connectivity index (χ1v) is 12.8. The van der Waals surface area contributed by atoms with Crippen LogP contribution in [0.4, 0.5) is 11.5 Å². The molecule has 5 aromatic heterocycles. The normalized spacial score (nSPS) is 13.9. The van der Waals surface area contributed by atoms with E-state index in [1.54, 1.807) is 17.9 Å². The van der Waals surface area contributed by atoms with Crippen molar-refractivity contribution in [1.29, 1.82) is 5.26 Å². The topological polar surface area (TPSA) is 122 Å². The van der Waals surface area contributed by atoms with E-state index in [9.17, 15) is 5.26 Å². The highest BCUT2D eigenvalue weighted by Gasteiger charge is 2.26. The second-order valence-electron chi connectivity index (χ2n) is 9.62. The zero-order valence-electron chi connectivity index (χ0n) is 22.0. The number of likely N-dealkylation sites (tertiary alicyclic amines) is 1. The second kappa shape index (κ2) is 10.2. The van der Waals surface area contributed by atoms with Crippen LogP contribution in [0.1, 0.15) is 29.6 Å². The minimum absolute atomic E-state index is 0.323. The maximum Gasteiger partial charge on any atom is 0.163 e. The molecule has 1 saturated heterocycles. The number of aromatic nitrogens is 7. The molecule has 0 unspecified atom stereocenters. The third kappa shape index (κ3) is 4.83. The van der Waals surface area contributed by atoms with Gasteiger partial charge in [-0.1, -0.05) is 13.0 Å². The molecular weight excluding hydrogens is 492 g/mol. The van der Waals surface area contributed by atoms with Crippen molar-refractivity contribution in [3.8, 4) is 23.1 Å². The monoisotopic (exact) mass is 520 g/mol. The largest absolute Gasteiger partial charge is 0.379 e. The maximum absolute atomic E-state index is 9.28. The Morgan fingerprint density at radius 3 is 2.72 bits per heavy atom.